The highest BCUT2D eigenvalue weighted by atomic mass is 32.2. The quantitative estimate of drug-likeness (QED) is 0.728. The van der Waals surface area contributed by atoms with Crippen molar-refractivity contribution in [2.24, 2.45) is 0 Å². The predicted molar refractivity (Wildman–Crippen MR) is 60.3 cm³/mol. The third kappa shape index (κ3) is 3.28. The number of hydrogen-bond acceptors (Lipinski definition) is 4. The third-order valence-corrected chi connectivity index (χ3v) is 4.06. The Labute approximate surface area is 96.1 Å². The van der Waals surface area contributed by atoms with E-state index in [1.54, 1.807) is 7.05 Å². The first-order chi connectivity index (χ1) is 7.59. The predicted octanol–water partition coefficient (Wildman–Crippen LogP) is 1.01. The highest BCUT2D eigenvalue weighted by Gasteiger charge is 2.22. The van der Waals surface area contributed by atoms with Crippen molar-refractivity contribution in [2.75, 3.05) is 13.6 Å². The summed E-state index contributed by atoms with van der Waals surface area (Å²) in [5, 5.41) is 5.82. The van der Waals surface area contributed by atoms with Crippen molar-refractivity contribution in [3.05, 3.63) is 6.33 Å². The summed E-state index contributed by atoms with van der Waals surface area (Å²) in [6.07, 6.45) is 5.39. The minimum Gasteiger partial charge on any atom is -0.249 e. The van der Waals surface area contributed by atoms with Gasteiger partial charge in [0.2, 0.25) is 0 Å². The molecule has 0 spiro atoms. The number of sulfonamides is 1. The lowest BCUT2D eigenvalue weighted by Crippen LogP contribution is -2.28. The van der Waals surface area contributed by atoms with Crippen LogP contribution in [0.3, 0.4) is 0 Å². The summed E-state index contributed by atoms with van der Waals surface area (Å²) in [5.41, 5.74) is 0. The molecule has 0 aliphatic carbocycles. The van der Waals surface area contributed by atoms with Gasteiger partial charge in [-0.15, -0.1) is 0 Å². The van der Waals surface area contributed by atoms with Crippen LogP contribution in [-0.2, 0) is 10.0 Å². The summed E-state index contributed by atoms with van der Waals surface area (Å²) in [6.45, 7) is 2.64. The van der Waals surface area contributed by atoms with Gasteiger partial charge in [-0.3, -0.25) is 0 Å². The van der Waals surface area contributed by atoms with Gasteiger partial charge in [-0.2, -0.15) is 9.40 Å². The van der Waals surface area contributed by atoms with E-state index in [1.807, 2.05) is 0 Å². The molecule has 6 nitrogen and oxygen atoms in total. The van der Waals surface area contributed by atoms with E-state index in [0.717, 1.165) is 25.7 Å². The van der Waals surface area contributed by atoms with Gasteiger partial charge in [0, 0.05) is 13.6 Å². The van der Waals surface area contributed by atoms with E-state index in [9.17, 15) is 8.42 Å². The maximum absolute atomic E-state index is 11.8. The SMILES string of the molecule is CCCCCCN(C)S(=O)(=O)c1ncn[nH]1. The fourth-order valence-electron chi connectivity index (χ4n) is 1.35. The minimum atomic E-state index is -3.48. The van der Waals surface area contributed by atoms with Crippen molar-refractivity contribution in [1.29, 1.82) is 0 Å². The van der Waals surface area contributed by atoms with E-state index in [-0.39, 0.29) is 5.16 Å². The Morgan fingerprint density at radius 3 is 2.69 bits per heavy atom. The molecule has 0 saturated heterocycles. The molecule has 0 aliphatic rings. The summed E-state index contributed by atoms with van der Waals surface area (Å²) < 4.78 is 25.0. The first-order valence-electron chi connectivity index (χ1n) is 5.40. The molecular formula is C9H18N4O2S. The van der Waals surface area contributed by atoms with Gasteiger partial charge in [0.05, 0.1) is 0 Å². The number of H-pyrrole nitrogens is 1. The van der Waals surface area contributed by atoms with Crippen LogP contribution >= 0.6 is 0 Å². The van der Waals surface area contributed by atoms with Crippen LogP contribution in [0.1, 0.15) is 32.6 Å². The zero-order chi connectivity index (χ0) is 12.0. The normalized spacial score (nSPS) is 12.2. The lowest BCUT2D eigenvalue weighted by atomic mass is 10.2. The molecule has 92 valence electrons. The number of hydrogen-bond donors (Lipinski definition) is 1. The van der Waals surface area contributed by atoms with Gasteiger partial charge >= 0.3 is 0 Å². The van der Waals surface area contributed by atoms with Gasteiger partial charge in [-0.05, 0) is 6.42 Å². The lowest BCUT2D eigenvalue weighted by molar-refractivity contribution is 0.446. The first-order valence-corrected chi connectivity index (χ1v) is 6.84. The first kappa shape index (κ1) is 13.1. The molecule has 1 heterocycles. The molecule has 0 amide bonds. The maximum atomic E-state index is 11.8. The second-order valence-electron chi connectivity index (χ2n) is 3.68. The molecule has 0 fully saturated rings. The van der Waals surface area contributed by atoms with E-state index in [1.165, 1.54) is 10.6 Å². The number of nitrogens with one attached hydrogen (secondary N) is 1. The Bertz CT molecular complexity index is 388. The van der Waals surface area contributed by atoms with Gasteiger partial charge in [0.1, 0.15) is 6.33 Å². The van der Waals surface area contributed by atoms with Crippen LogP contribution in [-0.4, -0.2) is 41.5 Å². The molecule has 1 aromatic rings. The Kier molecular flexibility index (Phi) is 4.88. The number of aromatic amines is 1. The van der Waals surface area contributed by atoms with Crippen LogP contribution in [0.15, 0.2) is 11.5 Å². The van der Waals surface area contributed by atoms with E-state index in [4.69, 9.17) is 0 Å². The van der Waals surface area contributed by atoms with Gasteiger partial charge in [0.25, 0.3) is 15.2 Å². The summed E-state index contributed by atoms with van der Waals surface area (Å²) in [7, 11) is -1.92. The monoisotopic (exact) mass is 246 g/mol. The van der Waals surface area contributed by atoms with Crippen LogP contribution in [0.4, 0.5) is 0 Å². The second kappa shape index (κ2) is 5.95. The standard InChI is InChI=1S/C9H18N4O2S/c1-3-4-5-6-7-13(2)16(14,15)9-10-8-11-12-9/h8H,3-7H2,1-2H3,(H,10,11,12). The number of rotatable bonds is 7. The van der Waals surface area contributed by atoms with Crippen molar-refractivity contribution in [2.45, 2.75) is 37.8 Å². The molecule has 0 aromatic carbocycles. The molecule has 0 aliphatic heterocycles. The zero-order valence-electron chi connectivity index (χ0n) is 9.68. The Hall–Kier alpha value is -0.950. The van der Waals surface area contributed by atoms with Crippen molar-refractivity contribution < 1.29 is 8.42 Å². The van der Waals surface area contributed by atoms with Crippen molar-refractivity contribution in [3.8, 4) is 0 Å². The fraction of sp³-hybridized carbons (Fsp3) is 0.778. The molecule has 16 heavy (non-hydrogen) atoms. The van der Waals surface area contributed by atoms with Gasteiger partial charge in [0.15, 0.2) is 0 Å². The molecule has 0 saturated carbocycles. The topological polar surface area (TPSA) is 79.0 Å². The van der Waals surface area contributed by atoms with E-state index in [0.29, 0.717) is 6.54 Å². The summed E-state index contributed by atoms with van der Waals surface area (Å²) in [5.74, 6) is 0. The van der Waals surface area contributed by atoms with E-state index in [2.05, 4.69) is 22.1 Å². The molecule has 0 unspecified atom stereocenters. The molecule has 0 atom stereocenters. The van der Waals surface area contributed by atoms with Crippen LogP contribution in [0.5, 0.6) is 0 Å². The number of aromatic nitrogens is 3. The van der Waals surface area contributed by atoms with Crippen LogP contribution in [0, 0.1) is 0 Å². The highest BCUT2D eigenvalue weighted by molar-refractivity contribution is 7.88. The van der Waals surface area contributed by atoms with Crippen LogP contribution in [0.2, 0.25) is 0 Å². The van der Waals surface area contributed by atoms with Gasteiger partial charge in [-0.1, -0.05) is 26.2 Å². The second-order valence-corrected chi connectivity index (χ2v) is 5.64. The average Bonchev–Trinajstić information content (AvgIpc) is 2.77. The van der Waals surface area contributed by atoms with Crippen molar-refractivity contribution in [1.82, 2.24) is 19.5 Å². The van der Waals surface area contributed by atoms with Gasteiger partial charge < -0.3 is 0 Å². The lowest BCUT2D eigenvalue weighted by Gasteiger charge is -2.14. The zero-order valence-corrected chi connectivity index (χ0v) is 10.5. The molecule has 1 aromatic heterocycles. The largest absolute Gasteiger partial charge is 0.278 e. The average molecular weight is 246 g/mol. The fourth-order valence-corrected chi connectivity index (χ4v) is 2.36. The molecule has 1 N–H and O–H groups in total. The van der Waals surface area contributed by atoms with Crippen molar-refractivity contribution in [3.63, 3.8) is 0 Å². The van der Waals surface area contributed by atoms with Crippen LogP contribution in [0.25, 0.3) is 0 Å². The smallest absolute Gasteiger partial charge is 0.249 e. The van der Waals surface area contributed by atoms with E-state index < -0.39 is 10.0 Å². The summed E-state index contributed by atoms with van der Waals surface area (Å²) in [4.78, 5) is 3.66. The Balaban J connectivity index is 2.50. The maximum Gasteiger partial charge on any atom is 0.278 e. The minimum absolute atomic E-state index is 0.0921. The van der Waals surface area contributed by atoms with E-state index >= 15 is 0 Å². The Morgan fingerprint density at radius 1 is 1.38 bits per heavy atom. The summed E-state index contributed by atoms with van der Waals surface area (Å²) in [6, 6.07) is 0. The number of nitrogens with zero attached hydrogens (tertiary/aromatic N) is 3. The molecule has 7 heteroatoms. The van der Waals surface area contributed by atoms with Gasteiger partial charge in [-0.25, -0.2) is 18.5 Å². The van der Waals surface area contributed by atoms with Crippen LogP contribution < -0.4 is 0 Å². The molecule has 0 bridgehead atoms. The molecule has 0 radical (unpaired) electrons. The Morgan fingerprint density at radius 2 is 2.12 bits per heavy atom. The number of unbranched alkanes of at least 4 members (excludes halogenated alkanes) is 3. The third-order valence-electron chi connectivity index (χ3n) is 2.37. The summed E-state index contributed by atoms with van der Waals surface area (Å²) >= 11 is 0. The van der Waals surface area contributed by atoms with Crippen molar-refractivity contribution >= 4 is 10.0 Å². The molecule has 1 rings (SSSR count). The highest BCUT2D eigenvalue weighted by Crippen LogP contribution is 2.09. The molecular weight excluding hydrogens is 228 g/mol.